The average molecular weight is 251 g/mol. The lowest BCUT2D eigenvalue weighted by Crippen LogP contribution is -2.09. The summed E-state index contributed by atoms with van der Waals surface area (Å²) in [5, 5.41) is 0. The topological polar surface area (TPSA) is 61.5 Å². The Bertz CT molecular complexity index is 402. The first kappa shape index (κ1) is 14.4. The van der Waals surface area contributed by atoms with Crippen molar-refractivity contribution in [2.24, 2.45) is 5.92 Å². The molecule has 0 unspecified atom stereocenters. The number of carbonyl (C=O) groups is 1. The molecule has 0 aliphatic carbocycles. The highest BCUT2D eigenvalue weighted by Crippen LogP contribution is 2.26. The van der Waals surface area contributed by atoms with Gasteiger partial charge in [-0.1, -0.05) is 19.9 Å². The van der Waals surface area contributed by atoms with Gasteiger partial charge in [-0.25, -0.2) is 0 Å². The minimum absolute atomic E-state index is 0.243. The third-order valence-electron chi connectivity index (χ3n) is 2.55. The summed E-state index contributed by atoms with van der Waals surface area (Å²) in [6, 6.07) is 5.55. The first-order chi connectivity index (χ1) is 8.54. The summed E-state index contributed by atoms with van der Waals surface area (Å²) >= 11 is 0. The van der Waals surface area contributed by atoms with Crippen molar-refractivity contribution in [3.8, 4) is 5.75 Å². The van der Waals surface area contributed by atoms with Crippen molar-refractivity contribution in [3.05, 3.63) is 23.8 Å². The van der Waals surface area contributed by atoms with Crippen molar-refractivity contribution in [2.45, 2.75) is 26.7 Å². The smallest absolute Gasteiger partial charge is 0.305 e. The number of hydrogen-bond donors (Lipinski definition) is 1. The van der Waals surface area contributed by atoms with Crippen LogP contribution in [-0.4, -0.2) is 19.7 Å². The molecule has 0 amide bonds. The minimum Gasteiger partial charge on any atom is -0.493 e. The van der Waals surface area contributed by atoms with Gasteiger partial charge in [0.15, 0.2) is 0 Å². The van der Waals surface area contributed by atoms with Crippen LogP contribution in [0.1, 0.15) is 25.8 Å². The van der Waals surface area contributed by atoms with Crippen LogP contribution >= 0.6 is 0 Å². The molecular weight excluding hydrogens is 230 g/mol. The summed E-state index contributed by atoms with van der Waals surface area (Å²) in [6.45, 7) is 4.80. The molecule has 0 radical (unpaired) electrons. The molecule has 0 saturated heterocycles. The minimum atomic E-state index is -0.243. The Labute approximate surface area is 108 Å². The molecule has 0 atom stereocenters. The van der Waals surface area contributed by atoms with Crippen LogP contribution in [0.25, 0.3) is 0 Å². The van der Waals surface area contributed by atoms with Crippen molar-refractivity contribution in [3.63, 3.8) is 0 Å². The normalized spacial score (nSPS) is 10.4. The van der Waals surface area contributed by atoms with E-state index in [1.54, 1.807) is 0 Å². The van der Waals surface area contributed by atoms with Crippen LogP contribution < -0.4 is 10.5 Å². The molecule has 0 heterocycles. The van der Waals surface area contributed by atoms with E-state index in [1.165, 1.54) is 7.11 Å². The van der Waals surface area contributed by atoms with Gasteiger partial charge in [0.05, 0.1) is 13.7 Å². The summed E-state index contributed by atoms with van der Waals surface area (Å²) in [5.41, 5.74) is 7.45. The molecule has 1 rings (SSSR count). The Morgan fingerprint density at radius 1 is 1.39 bits per heavy atom. The van der Waals surface area contributed by atoms with Gasteiger partial charge in [-0.3, -0.25) is 4.79 Å². The van der Waals surface area contributed by atoms with Gasteiger partial charge in [0, 0.05) is 17.7 Å². The van der Waals surface area contributed by atoms with Crippen molar-refractivity contribution < 1.29 is 14.3 Å². The van der Waals surface area contributed by atoms with E-state index < -0.39 is 0 Å². The highest BCUT2D eigenvalue weighted by molar-refractivity contribution is 5.70. The van der Waals surface area contributed by atoms with Gasteiger partial charge in [-0.15, -0.1) is 0 Å². The van der Waals surface area contributed by atoms with Crippen LogP contribution in [0.3, 0.4) is 0 Å². The molecule has 0 bridgehead atoms. The number of methoxy groups -OCH3 is 1. The number of nitrogen functional groups attached to an aromatic ring is 1. The number of nitrogens with two attached hydrogens (primary N) is 1. The molecule has 4 heteroatoms. The fraction of sp³-hybridized carbons (Fsp3) is 0.500. The van der Waals surface area contributed by atoms with Crippen molar-refractivity contribution in [2.75, 3.05) is 19.5 Å². The largest absolute Gasteiger partial charge is 0.493 e. The van der Waals surface area contributed by atoms with Gasteiger partial charge >= 0.3 is 5.97 Å². The maximum Gasteiger partial charge on any atom is 0.305 e. The summed E-state index contributed by atoms with van der Waals surface area (Å²) in [5.74, 6) is 0.959. The molecule has 0 fully saturated rings. The fourth-order valence-electron chi connectivity index (χ4n) is 1.57. The van der Waals surface area contributed by atoms with E-state index in [1.807, 2.05) is 18.2 Å². The molecule has 1 aromatic carbocycles. The van der Waals surface area contributed by atoms with E-state index in [0.29, 0.717) is 31.1 Å². The van der Waals surface area contributed by atoms with Gasteiger partial charge in [-0.05, 0) is 24.5 Å². The SMILES string of the molecule is COC(=O)CCc1c(N)cccc1OCC(C)C. The van der Waals surface area contributed by atoms with Crippen LogP contribution in [-0.2, 0) is 16.0 Å². The highest BCUT2D eigenvalue weighted by Gasteiger charge is 2.10. The molecule has 100 valence electrons. The fourth-order valence-corrected chi connectivity index (χ4v) is 1.57. The zero-order valence-electron chi connectivity index (χ0n) is 11.2. The van der Waals surface area contributed by atoms with Crippen molar-refractivity contribution in [1.82, 2.24) is 0 Å². The first-order valence-electron chi connectivity index (χ1n) is 6.11. The van der Waals surface area contributed by atoms with Crippen LogP contribution in [0.5, 0.6) is 5.75 Å². The van der Waals surface area contributed by atoms with Gasteiger partial charge < -0.3 is 15.2 Å². The molecule has 18 heavy (non-hydrogen) atoms. The van der Waals surface area contributed by atoms with Crippen LogP contribution in [0.15, 0.2) is 18.2 Å². The molecule has 0 aromatic heterocycles. The number of esters is 1. The van der Waals surface area contributed by atoms with Gasteiger partial charge in [0.25, 0.3) is 0 Å². The van der Waals surface area contributed by atoms with Crippen molar-refractivity contribution >= 4 is 11.7 Å². The zero-order valence-corrected chi connectivity index (χ0v) is 11.2. The third kappa shape index (κ3) is 4.28. The van der Waals surface area contributed by atoms with E-state index >= 15 is 0 Å². The predicted octanol–water partition coefficient (Wildman–Crippen LogP) is 2.41. The molecule has 1 aromatic rings. The Hall–Kier alpha value is -1.71. The first-order valence-corrected chi connectivity index (χ1v) is 6.11. The molecule has 0 spiro atoms. The molecule has 0 aliphatic rings. The van der Waals surface area contributed by atoms with Gasteiger partial charge in [-0.2, -0.15) is 0 Å². The quantitative estimate of drug-likeness (QED) is 0.623. The predicted molar refractivity (Wildman–Crippen MR) is 71.5 cm³/mol. The molecule has 4 nitrogen and oxygen atoms in total. The molecule has 2 N–H and O–H groups in total. The molecular formula is C14H21NO3. The van der Waals surface area contributed by atoms with Crippen LogP contribution in [0.2, 0.25) is 0 Å². The second kappa shape index (κ2) is 6.89. The van der Waals surface area contributed by atoms with E-state index in [2.05, 4.69) is 18.6 Å². The monoisotopic (exact) mass is 251 g/mol. The summed E-state index contributed by atoms with van der Waals surface area (Å²) < 4.78 is 10.3. The average Bonchev–Trinajstić information content (AvgIpc) is 2.34. The summed E-state index contributed by atoms with van der Waals surface area (Å²) in [6.07, 6.45) is 0.843. The molecule has 0 aliphatic heterocycles. The summed E-state index contributed by atoms with van der Waals surface area (Å²) in [4.78, 5) is 11.2. The third-order valence-corrected chi connectivity index (χ3v) is 2.55. The Morgan fingerprint density at radius 2 is 2.11 bits per heavy atom. The van der Waals surface area contributed by atoms with Crippen LogP contribution in [0, 0.1) is 5.92 Å². The van der Waals surface area contributed by atoms with E-state index in [4.69, 9.17) is 10.5 Å². The van der Waals surface area contributed by atoms with Gasteiger partial charge in [0.2, 0.25) is 0 Å². The second-order valence-corrected chi connectivity index (χ2v) is 4.60. The summed E-state index contributed by atoms with van der Waals surface area (Å²) in [7, 11) is 1.38. The van der Waals surface area contributed by atoms with E-state index in [-0.39, 0.29) is 5.97 Å². The molecule has 0 saturated carbocycles. The lowest BCUT2D eigenvalue weighted by atomic mass is 10.1. The Balaban J connectivity index is 2.76. The maximum atomic E-state index is 11.2. The number of hydrogen-bond acceptors (Lipinski definition) is 4. The number of anilines is 1. The number of benzene rings is 1. The van der Waals surface area contributed by atoms with Crippen LogP contribution in [0.4, 0.5) is 5.69 Å². The lowest BCUT2D eigenvalue weighted by Gasteiger charge is -2.14. The zero-order chi connectivity index (χ0) is 13.5. The highest BCUT2D eigenvalue weighted by atomic mass is 16.5. The lowest BCUT2D eigenvalue weighted by molar-refractivity contribution is -0.140. The Morgan fingerprint density at radius 3 is 2.72 bits per heavy atom. The number of ether oxygens (including phenoxy) is 2. The second-order valence-electron chi connectivity index (χ2n) is 4.60. The standard InChI is InChI=1S/C14H21NO3/c1-10(2)9-18-13-6-4-5-12(15)11(13)7-8-14(16)17-3/h4-6,10H,7-9,15H2,1-3H3. The maximum absolute atomic E-state index is 11.2. The van der Waals surface area contributed by atoms with E-state index in [9.17, 15) is 4.79 Å². The number of rotatable bonds is 6. The van der Waals surface area contributed by atoms with E-state index in [0.717, 1.165) is 11.3 Å². The Kier molecular flexibility index (Phi) is 5.49. The van der Waals surface area contributed by atoms with Crippen molar-refractivity contribution in [1.29, 1.82) is 0 Å². The number of carbonyl (C=O) groups excluding carboxylic acids is 1. The van der Waals surface area contributed by atoms with Gasteiger partial charge in [0.1, 0.15) is 5.75 Å².